The van der Waals surface area contributed by atoms with Crippen LogP contribution in [0.15, 0.2) is 5.10 Å². The van der Waals surface area contributed by atoms with E-state index in [0.717, 1.165) is 18.6 Å². The van der Waals surface area contributed by atoms with Gasteiger partial charge in [-0.3, -0.25) is 4.79 Å². The minimum Gasteiger partial charge on any atom is -0.330 e. The van der Waals surface area contributed by atoms with Crippen molar-refractivity contribution in [3.8, 4) is 0 Å². The summed E-state index contributed by atoms with van der Waals surface area (Å²) in [7, 11) is 0. The van der Waals surface area contributed by atoms with Gasteiger partial charge in [0.25, 0.3) is 5.91 Å². The summed E-state index contributed by atoms with van der Waals surface area (Å²) in [5.41, 5.74) is 6.15. The monoisotopic (exact) mass is 211 g/mol. The number of rotatable bonds is 3. The number of nitrogens with two attached hydrogens (primary N) is 1. The van der Waals surface area contributed by atoms with Gasteiger partial charge in [0.05, 0.1) is 11.5 Å². The molecule has 0 aromatic carbocycles. The summed E-state index contributed by atoms with van der Waals surface area (Å²) in [6.07, 6.45) is 1.69. The first-order chi connectivity index (χ1) is 6.88. The summed E-state index contributed by atoms with van der Waals surface area (Å²) in [6, 6.07) is 0. The fraction of sp³-hybridized carbons (Fsp3) is 0.818. The van der Waals surface area contributed by atoms with E-state index in [-0.39, 0.29) is 17.4 Å². The molecule has 0 aromatic heterocycles. The van der Waals surface area contributed by atoms with Crippen molar-refractivity contribution < 1.29 is 4.79 Å². The van der Waals surface area contributed by atoms with Crippen LogP contribution in [0.4, 0.5) is 0 Å². The first-order valence-electron chi connectivity index (χ1n) is 5.47. The Morgan fingerprint density at radius 2 is 2.07 bits per heavy atom. The molecule has 86 valence electrons. The van der Waals surface area contributed by atoms with Gasteiger partial charge >= 0.3 is 0 Å². The van der Waals surface area contributed by atoms with Crippen LogP contribution in [0, 0.1) is 5.92 Å². The first kappa shape index (κ1) is 12.2. The van der Waals surface area contributed by atoms with E-state index < -0.39 is 0 Å². The average Bonchev–Trinajstić information content (AvgIpc) is 2.39. The van der Waals surface area contributed by atoms with Crippen molar-refractivity contribution in [2.45, 2.75) is 46.1 Å². The van der Waals surface area contributed by atoms with Crippen molar-refractivity contribution in [2.24, 2.45) is 16.8 Å². The summed E-state index contributed by atoms with van der Waals surface area (Å²) >= 11 is 0. The van der Waals surface area contributed by atoms with Crippen molar-refractivity contribution >= 4 is 11.6 Å². The van der Waals surface area contributed by atoms with E-state index in [1.54, 1.807) is 5.01 Å². The van der Waals surface area contributed by atoms with Crippen LogP contribution in [0.2, 0.25) is 0 Å². The summed E-state index contributed by atoms with van der Waals surface area (Å²) in [6.45, 7) is 8.53. The van der Waals surface area contributed by atoms with Crippen LogP contribution >= 0.6 is 0 Å². The van der Waals surface area contributed by atoms with Crippen molar-refractivity contribution in [2.75, 3.05) is 6.54 Å². The molecule has 0 saturated carbocycles. The Balaban J connectivity index is 2.74. The van der Waals surface area contributed by atoms with E-state index in [9.17, 15) is 4.79 Å². The zero-order valence-corrected chi connectivity index (χ0v) is 10.1. The van der Waals surface area contributed by atoms with Crippen LogP contribution in [-0.2, 0) is 4.79 Å². The third kappa shape index (κ3) is 2.56. The van der Waals surface area contributed by atoms with Gasteiger partial charge in [0.2, 0.25) is 0 Å². The fourth-order valence-corrected chi connectivity index (χ4v) is 1.74. The van der Waals surface area contributed by atoms with E-state index in [1.807, 2.05) is 27.7 Å². The molecule has 1 aliphatic rings. The largest absolute Gasteiger partial charge is 0.330 e. The number of carbonyl (C=O) groups excluding carboxylic acids is 1. The van der Waals surface area contributed by atoms with Crippen LogP contribution in [0.5, 0.6) is 0 Å². The molecule has 1 atom stereocenters. The maximum absolute atomic E-state index is 12.0. The second kappa shape index (κ2) is 4.31. The number of hydrogen-bond donors (Lipinski definition) is 1. The predicted molar refractivity (Wildman–Crippen MR) is 61.5 cm³/mol. The minimum atomic E-state index is -0.226. The first-order valence-corrected chi connectivity index (χ1v) is 5.47. The SMILES string of the molecule is CC1=NN(C(C)(C)C)C(=O)C1CCCN. The summed E-state index contributed by atoms with van der Waals surface area (Å²) < 4.78 is 0. The van der Waals surface area contributed by atoms with Gasteiger partial charge in [0.15, 0.2) is 0 Å². The third-order valence-corrected chi connectivity index (χ3v) is 2.60. The molecule has 4 heteroatoms. The lowest BCUT2D eigenvalue weighted by Gasteiger charge is -2.28. The standard InChI is InChI=1S/C11H21N3O/c1-8-9(6-5-7-12)10(15)14(13-8)11(2,3)4/h9H,5-7,12H2,1-4H3. The lowest BCUT2D eigenvalue weighted by molar-refractivity contribution is -0.136. The van der Waals surface area contributed by atoms with Gasteiger partial charge in [-0.05, 0) is 47.1 Å². The second-order valence-electron chi connectivity index (χ2n) is 5.05. The lowest BCUT2D eigenvalue weighted by Crippen LogP contribution is -2.41. The van der Waals surface area contributed by atoms with E-state index in [4.69, 9.17) is 5.73 Å². The molecule has 0 fully saturated rings. The quantitative estimate of drug-likeness (QED) is 0.766. The molecule has 1 heterocycles. The molecule has 1 aliphatic heterocycles. The topological polar surface area (TPSA) is 58.7 Å². The number of amides is 1. The highest BCUT2D eigenvalue weighted by atomic mass is 16.2. The van der Waals surface area contributed by atoms with Gasteiger partial charge in [-0.2, -0.15) is 5.10 Å². The number of nitrogens with zero attached hydrogens (tertiary/aromatic N) is 2. The Morgan fingerprint density at radius 1 is 1.47 bits per heavy atom. The molecule has 0 bridgehead atoms. The predicted octanol–water partition coefficient (Wildman–Crippen LogP) is 1.36. The Kier molecular flexibility index (Phi) is 3.50. The number of hydrazone groups is 1. The van der Waals surface area contributed by atoms with Gasteiger partial charge < -0.3 is 5.73 Å². The van der Waals surface area contributed by atoms with Crippen molar-refractivity contribution in [1.82, 2.24) is 5.01 Å². The summed E-state index contributed by atoms with van der Waals surface area (Å²) in [5.74, 6) is 0.0706. The van der Waals surface area contributed by atoms with E-state index in [0.29, 0.717) is 6.54 Å². The summed E-state index contributed by atoms with van der Waals surface area (Å²) in [5, 5.41) is 5.94. The summed E-state index contributed by atoms with van der Waals surface area (Å²) in [4.78, 5) is 12.0. The normalized spacial score (nSPS) is 22.2. The average molecular weight is 211 g/mol. The Morgan fingerprint density at radius 3 is 2.47 bits per heavy atom. The Labute approximate surface area is 91.5 Å². The van der Waals surface area contributed by atoms with Crippen LogP contribution in [-0.4, -0.2) is 28.7 Å². The number of carbonyl (C=O) groups is 1. The molecular formula is C11H21N3O. The molecule has 0 spiro atoms. The molecule has 15 heavy (non-hydrogen) atoms. The van der Waals surface area contributed by atoms with Crippen molar-refractivity contribution in [1.29, 1.82) is 0 Å². The molecular weight excluding hydrogens is 190 g/mol. The van der Waals surface area contributed by atoms with Crippen LogP contribution in [0.3, 0.4) is 0 Å². The molecule has 0 radical (unpaired) electrons. The molecule has 4 nitrogen and oxygen atoms in total. The second-order valence-corrected chi connectivity index (χ2v) is 5.05. The molecule has 0 aliphatic carbocycles. The van der Waals surface area contributed by atoms with Gasteiger partial charge in [-0.25, -0.2) is 5.01 Å². The highest BCUT2D eigenvalue weighted by molar-refractivity contribution is 6.07. The molecule has 0 aromatic rings. The molecule has 0 saturated heterocycles. The van der Waals surface area contributed by atoms with E-state index >= 15 is 0 Å². The highest BCUT2D eigenvalue weighted by Crippen LogP contribution is 2.26. The number of hydrogen-bond acceptors (Lipinski definition) is 3. The lowest BCUT2D eigenvalue weighted by atomic mass is 9.97. The zero-order chi connectivity index (χ0) is 11.6. The maximum atomic E-state index is 12.0. The molecule has 1 rings (SSSR count). The highest BCUT2D eigenvalue weighted by Gasteiger charge is 2.38. The fourth-order valence-electron chi connectivity index (χ4n) is 1.74. The van der Waals surface area contributed by atoms with Crippen molar-refractivity contribution in [3.05, 3.63) is 0 Å². The van der Waals surface area contributed by atoms with Crippen molar-refractivity contribution in [3.63, 3.8) is 0 Å². The van der Waals surface area contributed by atoms with Gasteiger partial charge in [-0.1, -0.05) is 0 Å². The van der Waals surface area contributed by atoms with Gasteiger partial charge in [0.1, 0.15) is 0 Å². The zero-order valence-electron chi connectivity index (χ0n) is 10.1. The minimum absolute atomic E-state index is 0.0484. The Bertz CT molecular complexity index is 278. The Hall–Kier alpha value is -0.900. The van der Waals surface area contributed by atoms with E-state index in [2.05, 4.69) is 5.10 Å². The molecule has 2 N–H and O–H groups in total. The van der Waals surface area contributed by atoms with Crippen LogP contribution < -0.4 is 5.73 Å². The molecule has 1 unspecified atom stereocenters. The van der Waals surface area contributed by atoms with E-state index in [1.165, 1.54) is 0 Å². The van der Waals surface area contributed by atoms with Gasteiger partial charge in [0, 0.05) is 5.71 Å². The van der Waals surface area contributed by atoms with Crippen LogP contribution in [0.25, 0.3) is 0 Å². The third-order valence-electron chi connectivity index (χ3n) is 2.60. The smallest absolute Gasteiger partial charge is 0.252 e. The maximum Gasteiger partial charge on any atom is 0.252 e. The molecule has 1 amide bonds. The van der Waals surface area contributed by atoms with Gasteiger partial charge in [-0.15, -0.1) is 0 Å². The van der Waals surface area contributed by atoms with Crippen LogP contribution in [0.1, 0.15) is 40.5 Å².